The zero-order chi connectivity index (χ0) is 17.0. The van der Waals surface area contributed by atoms with E-state index in [2.05, 4.69) is 75.3 Å². The van der Waals surface area contributed by atoms with E-state index in [1.165, 1.54) is 38.5 Å². The van der Waals surface area contributed by atoms with Crippen LogP contribution in [0.2, 0.25) is 0 Å². The number of allylic oxidation sites excluding steroid dienone is 8. The van der Waals surface area contributed by atoms with Crippen molar-refractivity contribution in [3.05, 3.63) is 75.3 Å². The van der Waals surface area contributed by atoms with Gasteiger partial charge in [0.2, 0.25) is 0 Å². The number of hydrogen-bond acceptors (Lipinski definition) is 0. The van der Waals surface area contributed by atoms with Gasteiger partial charge in [-0.3, -0.25) is 0 Å². The van der Waals surface area contributed by atoms with E-state index in [0.717, 1.165) is 36.5 Å². The van der Waals surface area contributed by atoms with Gasteiger partial charge in [-0.25, -0.2) is 0 Å². The smallest absolute Gasteiger partial charge is 1.00 e. The molecule has 0 spiro atoms. The Bertz CT molecular complexity index is 375. The Morgan fingerprint density at radius 3 is 1.37 bits per heavy atom. The molecule has 2 fully saturated rings. The first kappa shape index (κ1) is 29.6. The molecule has 0 radical (unpaired) electrons. The van der Waals surface area contributed by atoms with Crippen LogP contribution in [0.4, 0.5) is 0 Å². The molecule has 0 amide bonds. The monoisotopic (exact) mass is 482 g/mol. The van der Waals surface area contributed by atoms with Gasteiger partial charge in [-0.05, 0) is 11.8 Å². The van der Waals surface area contributed by atoms with E-state index in [1.54, 1.807) is 0 Å². The molecule has 27 heavy (non-hydrogen) atoms. The predicted octanol–water partition coefficient (Wildman–Crippen LogP) is 0.906. The average molecular weight is 485 g/mol. The quantitative estimate of drug-likeness (QED) is 0.413. The van der Waals surface area contributed by atoms with Crippen LogP contribution in [0.1, 0.15) is 51.4 Å². The minimum absolute atomic E-state index is 0. The molecule has 4 unspecified atom stereocenters. The van der Waals surface area contributed by atoms with Crippen LogP contribution in [0.5, 0.6) is 0 Å². The van der Waals surface area contributed by atoms with Gasteiger partial charge < -0.3 is 51.5 Å². The predicted molar refractivity (Wildman–Crippen MR) is 107 cm³/mol. The molecule has 0 aromatic rings. The number of hydrogen-bond donors (Lipinski definition) is 0. The fourth-order valence-corrected chi connectivity index (χ4v) is 3.74. The van der Waals surface area contributed by atoms with Crippen molar-refractivity contribution in [3.8, 4) is 0 Å². The zero-order valence-electron chi connectivity index (χ0n) is 16.4. The van der Waals surface area contributed by atoms with Gasteiger partial charge in [-0.2, -0.15) is 25.7 Å². The van der Waals surface area contributed by atoms with E-state index >= 15 is 0 Å². The molecular formula is C24H34Cl2Zr-4. The Balaban J connectivity index is 0. The molecule has 4 aliphatic rings. The van der Waals surface area contributed by atoms with Gasteiger partial charge in [-0.15, -0.1) is 24.0 Å². The van der Waals surface area contributed by atoms with Gasteiger partial charge >= 0.3 is 26.2 Å². The molecule has 4 aliphatic carbocycles. The van der Waals surface area contributed by atoms with Gasteiger partial charge in [-0.1, -0.05) is 62.1 Å². The van der Waals surface area contributed by atoms with Crippen molar-refractivity contribution in [3.63, 3.8) is 0 Å². The summed E-state index contributed by atoms with van der Waals surface area (Å²) in [6.07, 6.45) is 32.7. The van der Waals surface area contributed by atoms with Crippen LogP contribution in [-0.2, 0) is 26.2 Å². The molecule has 3 heteroatoms. The number of halogens is 2. The molecule has 0 bridgehead atoms. The number of fused-ring (bicyclic) bond motifs is 2. The largest absolute Gasteiger partial charge is 2.00 e. The second-order valence-corrected chi connectivity index (χ2v) is 7.06. The Morgan fingerprint density at radius 1 is 0.667 bits per heavy atom. The number of unbranched alkanes of at least 4 members (excludes halogenated alkanes) is 3. The normalized spacial score (nSPS) is 28.1. The Labute approximate surface area is 200 Å². The molecule has 4 atom stereocenters. The van der Waals surface area contributed by atoms with Crippen molar-refractivity contribution in [2.45, 2.75) is 51.4 Å². The molecule has 0 saturated heterocycles. The fraction of sp³-hybridized carbons (Fsp3) is 0.500. The molecule has 152 valence electrons. The summed E-state index contributed by atoms with van der Waals surface area (Å²) in [4.78, 5) is 0. The average Bonchev–Trinajstić information content (AvgIpc) is 3.29. The van der Waals surface area contributed by atoms with Crippen LogP contribution >= 0.6 is 0 Å². The van der Waals surface area contributed by atoms with Crippen molar-refractivity contribution in [1.29, 1.82) is 0 Å². The number of rotatable bonds is 3. The Hall–Kier alpha value is 0.423. The second kappa shape index (κ2) is 18.5. The molecule has 2 saturated carbocycles. The van der Waals surface area contributed by atoms with Crippen molar-refractivity contribution < 1.29 is 51.0 Å². The summed E-state index contributed by atoms with van der Waals surface area (Å²) in [5.74, 6) is 3.23. The van der Waals surface area contributed by atoms with E-state index in [-0.39, 0.29) is 51.0 Å². The second-order valence-electron chi connectivity index (χ2n) is 7.06. The van der Waals surface area contributed by atoms with E-state index in [4.69, 9.17) is 0 Å². The molecule has 0 aliphatic heterocycles. The summed E-state index contributed by atoms with van der Waals surface area (Å²) in [5.41, 5.74) is 0. The summed E-state index contributed by atoms with van der Waals surface area (Å²) in [5, 5.41) is 0. The van der Waals surface area contributed by atoms with Crippen molar-refractivity contribution >= 4 is 0 Å². The van der Waals surface area contributed by atoms with Gasteiger partial charge in [0, 0.05) is 0 Å². The first-order chi connectivity index (χ1) is 11.8. The van der Waals surface area contributed by atoms with Gasteiger partial charge in [0.15, 0.2) is 0 Å². The van der Waals surface area contributed by atoms with Crippen molar-refractivity contribution in [2.75, 3.05) is 0 Å². The van der Waals surface area contributed by atoms with Crippen LogP contribution < -0.4 is 24.8 Å². The molecule has 0 N–H and O–H groups in total. The Morgan fingerprint density at radius 2 is 1.04 bits per heavy atom. The summed E-state index contributed by atoms with van der Waals surface area (Å²) in [7, 11) is 0. The van der Waals surface area contributed by atoms with Crippen LogP contribution in [0.3, 0.4) is 0 Å². The first-order valence-electron chi connectivity index (χ1n) is 9.80. The van der Waals surface area contributed by atoms with Crippen LogP contribution in [-0.4, -0.2) is 0 Å². The Kier molecular flexibility index (Phi) is 20.2. The summed E-state index contributed by atoms with van der Waals surface area (Å²) in [6.45, 7) is 7.39. The van der Waals surface area contributed by atoms with E-state index in [0.29, 0.717) is 0 Å². The molecule has 4 rings (SSSR count). The maximum atomic E-state index is 3.70. The van der Waals surface area contributed by atoms with Crippen LogP contribution in [0, 0.1) is 50.4 Å². The zero-order valence-corrected chi connectivity index (χ0v) is 20.4. The molecule has 0 heterocycles. The third-order valence-electron chi connectivity index (χ3n) is 5.22. The van der Waals surface area contributed by atoms with Crippen molar-refractivity contribution in [1.82, 2.24) is 0 Å². The summed E-state index contributed by atoms with van der Waals surface area (Å²) in [6, 6.07) is 0. The maximum Gasteiger partial charge on any atom is 2.00 e. The van der Waals surface area contributed by atoms with Gasteiger partial charge in [0.1, 0.15) is 0 Å². The van der Waals surface area contributed by atoms with Crippen molar-refractivity contribution in [2.24, 2.45) is 23.7 Å². The molecule has 0 nitrogen and oxygen atoms in total. The maximum absolute atomic E-state index is 3.70. The van der Waals surface area contributed by atoms with E-state index in [1.807, 2.05) is 0 Å². The van der Waals surface area contributed by atoms with Crippen LogP contribution in [0.15, 0.2) is 48.6 Å². The first-order valence-corrected chi connectivity index (χ1v) is 9.80. The summed E-state index contributed by atoms with van der Waals surface area (Å²) < 4.78 is 0. The van der Waals surface area contributed by atoms with Gasteiger partial charge in [0.05, 0.1) is 0 Å². The minimum Gasteiger partial charge on any atom is -1.00 e. The van der Waals surface area contributed by atoms with Crippen LogP contribution in [0.25, 0.3) is 0 Å². The topological polar surface area (TPSA) is 0 Å². The van der Waals surface area contributed by atoms with E-state index < -0.39 is 0 Å². The third kappa shape index (κ3) is 11.3. The molecular weight excluding hydrogens is 450 g/mol. The van der Waals surface area contributed by atoms with E-state index in [9.17, 15) is 0 Å². The standard InChI is InChI=1S/2C9H11.C6H12.2ClH.Zr/c2*1-2-5-9-7-3-6-8(9)4-1;1-3-5-6-4-2;;;/h2*1-2,4-6,8-9H,3,7H2;1-6H2;2*1H;/q2*-1;-2;;;+2/p-2. The fourth-order valence-electron chi connectivity index (χ4n) is 3.74. The summed E-state index contributed by atoms with van der Waals surface area (Å²) >= 11 is 0. The molecule has 0 aromatic carbocycles. The minimum atomic E-state index is 0. The molecule has 0 aromatic heterocycles. The third-order valence-corrected chi connectivity index (χ3v) is 5.22. The van der Waals surface area contributed by atoms with Gasteiger partial charge in [0.25, 0.3) is 0 Å². The SMILES string of the molecule is C1=CC2[CH-]CCC2C=C1.C1=CC2[CH-]CCC2C=C1.[CH2-]CCCC[CH2-].[Cl-].[Cl-].[Zr+2].